The summed E-state index contributed by atoms with van der Waals surface area (Å²) < 4.78 is 4.65. The number of methoxy groups -OCH3 is 1. The Hall–Kier alpha value is -1.51. The third-order valence-corrected chi connectivity index (χ3v) is 3.58. The van der Waals surface area contributed by atoms with Crippen molar-refractivity contribution in [2.45, 2.75) is 32.6 Å². The number of hydrogen-bond donors (Lipinski definition) is 1. The minimum atomic E-state index is -0.102. The Morgan fingerprint density at radius 1 is 1.50 bits per heavy atom. The lowest BCUT2D eigenvalue weighted by Crippen LogP contribution is -2.23. The first-order valence-electron chi connectivity index (χ1n) is 6.59. The molecule has 1 aromatic carbocycles. The average Bonchev–Trinajstić information content (AvgIpc) is 2.38. The molecule has 0 saturated heterocycles. The van der Waals surface area contributed by atoms with E-state index in [0.29, 0.717) is 12.3 Å². The molecule has 1 heterocycles. The van der Waals surface area contributed by atoms with Crippen molar-refractivity contribution in [3.05, 3.63) is 29.3 Å². The van der Waals surface area contributed by atoms with Crippen molar-refractivity contribution in [2.75, 3.05) is 19.0 Å². The van der Waals surface area contributed by atoms with Crippen LogP contribution in [0.25, 0.3) is 0 Å². The van der Waals surface area contributed by atoms with Crippen LogP contribution in [0, 0.1) is 12.8 Å². The van der Waals surface area contributed by atoms with Gasteiger partial charge in [-0.2, -0.15) is 0 Å². The number of carbonyl (C=O) groups excluding carboxylic acids is 1. The van der Waals surface area contributed by atoms with Crippen molar-refractivity contribution in [1.82, 2.24) is 0 Å². The summed E-state index contributed by atoms with van der Waals surface area (Å²) in [7, 11) is 1.45. The maximum absolute atomic E-state index is 11.1. The largest absolute Gasteiger partial charge is 0.469 e. The summed E-state index contributed by atoms with van der Waals surface area (Å²) in [5.74, 6) is 0.527. The molecule has 1 aliphatic rings. The Morgan fingerprint density at radius 3 is 3.11 bits per heavy atom. The molecule has 1 N–H and O–H groups in total. The third-order valence-electron chi connectivity index (χ3n) is 3.58. The quantitative estimate of drug-likeness (QED) is 0.831. The van der Waals surface area contributed by atoms with Gasteiger partial charge >= 0.3 is 5.97 Å². The molecule has 0 amide bonds. The minimum Gasteiger partial charge on any atom is -0.469 e. The van der Waals surface area contributed by atoms with Crippen LogP contribution in [0.3, 0.4) is 0 Å². The first-order valence-corrected chi connectivity index (χ1v) is 6.59. The zero-order chi connectivity index (χ0) is 13.0. The van der Waals surface area contributed by atoms with Crippen LogP contribution in [0.2, 0.25) is 0 Å². The van der Waals surface area contributed by atoms with Gasteiger partial charge in [-0.05, 0) is 49.3 Å². The Kier molecular flexibility index (Phi) is 4.24. The minimum absolute atomic E-state index is 0.102. The highest BCUT2D eigenvalue weighted by atomic mass is 16.5. The third kappa shape index (κ3) is 3.25. The van der Waals surface area contributed by atoms with Crippen molar-refractivity contribution < 1.29 is 9.53 Å². The van der Waals surface area contributed by atoms with E-state index in [4.69, 9.17) is 0 Å². The molecular weight excluding hydrogens is 226 g/mol. The second kappa shape index (κ2) is 5.89. The monoisotopic (exact) mass is 247 g/mol. The van der Waals surface area contributed by atoms with Gasteiger partial charge in [0.05, 0.1) is 7.11 Å². The van der Waals surface area contributed by atoms with Crippen molar-refractivity contribution in [3.8, 4) is 0 Å². The molecule has 1 aliphatic heterocycles. The highest BCUT2D eigenvalue weighted by molar-refractivity contribution is 5.69. The highest BCUT2D eigenvalue weighted by Crippen LogP contribution is 2.28. The van der Waals surface area contributed by atoms with Gasteiger partial charge < -0.3 is 10.1 Å². The fourth-order valence-electron chi connectivity index (χ4n) is 2.51. The van der Waals surface area contributed by atoms with Crippen LogP contribution in [0.4, 0.5) is 5.69 Å². The van der Waals surface area contributed by atoms with Crippen molar-refractivity contribution in [3.63, 3.8) is 0 Å². The van der Waals surface area contributed by atoms with Crippen LogP contribution in [-0.4, -0.2) is 19.6 Å². The summed E-state index contributed by atoms with van der Waals surface area (Å²) in [6.45, 7) is 3.13. The summed E-state index contributed by atoms with van der Waals surface area (Å²) in [5.41, 5.74) is 3.97. The molecule has 0 spiro atoms. The summed E-state index contributed by atoms with van der Waals surface area (Å²) in [6, 6.07) is 6.58. The molecular formula is C15H21NO2. The molecule has 0 radical (unpaired) electrons. The molecule has 0 bridgehead atoms. The number of hydrogen-bond acceptors (Lipinski definition) is 3. The number of nitrogens with one attached hydrogen (secondary N) is 1. The second-order valence-corrected chi connectivity index (χ2v) is 5.08. The van der Waals surface area contributed by atoms with E-state index in [0.717, 1.165) is 25.8 Å². The topological polar surface area (TPSA) is 38.3 Å². The van der Waals surface area contributed by atoms with Crippen LogP contribution in [0.15, 0.2) is 18.2 Å². The van der Waals surface area contributed by atoms with Gasteiger partial charge in [-0.25, -0.2) is 0 Å². The van der Waals surface area contributed by atoms with Crippen molar-refractivity contribution in [2.24, 2.45) is 5.92 Å². The van der Waals surface area contributed by atoms with E-state index in [2.05, 4.69) is 35.2 Å². The van der Waals surface area contributed by atoms with Crippen LogP contribution in [0.5, 0.6) is 0 Å². The van der Waals surface area contributed by atoms with Gasteiger partial charge in [0.15, 0.2) is 0 Å². The van der Waals surface area contributed by atoms with E-state index in [1.165, 1.54) is 23.9 Å². The van der Waals surface area contributed by atoms with Gasteiger partial charge in [0.25, 0.3) is 0 Å². The summed E-state index contributed by atoms with van der Waals surface area (Å²) in [5, 5.41) is 3.49. The SMILES string of the molecule is COC(=O)CCC[C@@H]1CNc2cc(C)ccc2C1. The van der Waals surface area contributed by atoms with Gasteiger partial charge in [-0.1, -0.05) is 12.1 Å². The lowest BCUT2D eigenvalue weighted by atomic mass is 9.89. The van der Waals surface area contributed by atoms with Gasteiger partial charge in [0.2, 0.25) is 0 Å². The standard InChI is InChI=1S/C15H21NO2/c1-11-6-7-13-9-12(10-16-14(13)8-11)4-3-5-15(17)18-2/h6-8,12,16H,3-5,9-10H2,1-2H3/t12-/m0/s1. The number of anilines is 1. The van der Waals surface area contributed by atoms with Crippen LogP contribution < -0.4 is 5.32 Å². The lowest BCUT2D eigenvalue weighted by Gasteiger charge is -2.26. The molecule has 3 heteroatoms. The Bertz CT molecular complexity index is 429. The van der Waals surface area contributed by atoms with E-state index in [-0.39, 0.29) is 5.97 Å². The number of benzene rings is 1. The van der Waals surface area contributed by atoms with Crippen molar-refractivity contribution in [1.29, 1.82) is 0 Å². The number of carbonyl (C=O) groups is 1. The van der Waals surface area contributed by atoms with Crippen LogP contribution in [-0.2, 0) is 16.0 Å². The Labute approximate surface area is 109 Å². The number of ether oxygens (including phenoxy) is 1. The molecule has 3 nitrogen and oxygen atoms in total. The van der Waals surface area contributed by atoms with Gasteiger partial charge in [0.1, 0.15) is 0 Å². The second-order valence-electron chi connectivity index (χ2n) is 5.08. The predicted molar refractivity (Wildman–Crippen MR) is 72.7 cm³/mol. The first kappa shape index (κ1) is 12.9. The summed E-state index contributed by atoms with van der Waals surface area (Å²) in [6.07, 6.45) is 3.65. The average molecular weight is 247 g/mol. The molecule has 0 fully saturated rings. The predicted octanol–water partition coefficient (Wildman–Crippen LogP) is 2.92. The number of aryl methyl sites for hydroxylation is 1. The van der Waals surface area contributed by atoms with Gasteiger partial charge in [-0.3, -0.25) is 4.79 Å². The molecule has 0 aromatic heterocycles. The van der Waals surface area contributed by atoms with Gasteiger partial charge in [-0.15, -0.1) is 0 Å². The molecule has 1 atom stereocenters. The fraction of sp³-hybridized carbons (Fsp3) is 0.533. The first-order chi connectivity index (χ1) is 8.69. The Balaban J connectivity index is 1.84. The smallest absolute Gasteiger partial charge is 0.305 e. The number of fused-ring (bicyclic) bond motifs is 1. The summed E-state index contributed by atoms with van der Waals surface area (Å²) >= 11 is 0. The Morgan fingerprint density at radius 2 is 2.33 bits per heavy atom. The molecule has 2 rings (SSSR count). The van der Waals surface area contributed by atoms with E-state index >= 15 is 0 Å². The molecule has 98 valence electrons. The molecule has 0 saturated carbocycles. The zero-order valence-electron chi connectivity index (χ0n) is 11.2. The van der Waals surface area contributed by atoms with Gasteiger partial charge in [0, 0.05) is 18.7 Å². The maximum Gasteiger partial charge on any atom is 0.305 e. The molecule has 18 heavy (non-hydrogen) atoms. The normalized spacial score (nSPS) is 17.8. The van der Waals surface area contributed by atoms with E-state index in [1.54, 1.807) is 0 Å². The fourth-order valence-corrected chi connectivity index (χ4v) is 2.51. The number of rotatable bonds is 4. The van der Waals surface area contributed by atoms with Crippen LogP contribution >= 0.6 is 0 Å². The van der Waals surface area contributed by atoms with E-state index < -0.39 is 0 Å². The van der Waals surface area contributed by atoms with Crippen LogP contribution in [0.1, 0.15) is 30.4 Å². The molecule has 1 aromatic rings. The zero-order valence-corrected chi connectivity index (χ0v) is 11.2. The number of esters is 1. The van der Waals surface area contributed by atoms with E-state index in [1.807, 2.05) is 0 Å². The highest BCUT2D eigenvalue weighted by Gasteiger charge is 2.18. The van der Waals surface area contributed by atoms with Crippen molar-refractivity contribution >= 4 is 11.7 Å². The molecule has 0 unspecified atom stereocenters. The molecule has 0 aliphatic carbocycles. The van der Waals surface area contributed by atoms with E-state index in [9.17, 15) is 4.79 Å². The lowest BCUT2D eigenvalue weighted by molar-refractivity contribution is -0.140. The summed E-state index contributed by atoms with van der Waals surface area (Å²) in [4.78, 5) is 11.1. The maximum atomic E-state index is 11.1.